The maximum Gasteiger partial charge on any atom is 0.294 e. The summed E-state index contributed by atoms with van der Waals surface area (Å²) in [6, 6.07) is 6.42. The summed E-state index contributed by atoms with van der Waals surface area (Å²) < 4.78 is 35.9. The van der Waals surface area contributed by atoms with Crippen molar-refractivity contribution in [3.05, 3.63) is 29.8 Å². The Morgan fingerprint density at radius 3 is 2.29 bits per heavy atom. The van der Waals surface area contributed by atoms with Gasteiger partial charge in [-0.1, -0.05) is 12.1 Å². The number of hydrogen-bond donors (Lipinski definition) is 1. The van der Waals surface area contributed by atoms with E-state index in [9.17, 15) is 8.42 Å². The van der Waals surface area contributed by atoms with E-state index in [-0.39, 0.29) is 4.90 Å². The highest BCUT2D eigenvalue weighted by atomic mass is 32.2. The lowest BCUT2D eigenvalue weighted by Crippen LogP contribution is -2.17. The zero-order valence-corrected chi connectivity index (χ0v) is 10.3. The maximum absolute atomic E-state index is 10.9. The van der Waals surface area contributed by atoms with Gasteiger partial charge in [-0.15, -0.1) is 0 Å². The topological polar surface area (TPSA) is 63.6 Å². The van der Waals surface area contributed by atoms with Gasteiger partial charge in [-0.3, -0.25) is 4.55 Å². The first-order valence-corrected chi connectivity index (χ1v) is 7.14. The molecule has 94 valence electrons. The molecule has 1 aromatic rings. The van der Waals surface area contributed by atoms with Crippen LogP contribution in [0.3, 0.4) is 0 Å². The Balaban J connectivity index is 2.03. The average molecular weight is 256 g/mol. The minimum absolute atomic E-state index is 0.0479. The number of rotatable bonds is 3. The smallest absolute Gasteiger partial charge is 0.294 e. The van der Waals surface area contributed by atoms with Gasteiger partial charge in [-0.25, -0.2) is 0 Å². The highest BCUT2D eigenvalue weighted by Gasteiger charge is 2.15. The first kappa shape index (κ1) is 12.5. The van der Waals surface area contributed by atoms with Crippen LogP contribution in [0.5, 0.6) is 0 Å². The van der Waals surface area contributed by atoms with Crippen LogP contribution in [0.4, 0.5) is 0 Å². The second-order valence-corrected chi connectivity index (χ2v) is 5.80. The van der Waals surface area contributed by atoms with Crippen molar-refractivity contribution in [1.82, 2.24) is 0 Å². The Hall–Kier alpha value is -0.910. The van der Waals surface area contributed by atoms with Crippen LogP contribution in [0.15, 0.2) is 29.2 Å². The second-order valence-electron chi connectivity index (χ2n) is 4.38. The van der Waals surface area contributed by atoms with Crippen LogP contribution in [-0.4, -0.2) is 26.2 Å². The molecular formula is C12H16O4S. The third-order valence-corrected chi connectivity index (χ3v) is 3.95. The molecule has 1 heterocycles. The molecule has 0 amide bonds. The third kappa shape index (κ3) is 3.52. The molecule has 1 saturated heterocycles. The fourth-order valence-corrected chi connectivity index (χ4v) is 2.56. The van der Waals surface area contributed by atoms with Crippen LogP contribution in [0.1, 0.15) is 18.4 Å². The van der Waals surface area contributed by atoms with E-state index in [1.807, 2.05) is 0 Å². The van der Waals surface area contributed by atoms with Crippen molar-refractivity contribution < 1.29 is 17.7 Å². The van der Waals surface area contributed by atoms with Crippen molar-refractivity contribution in [2.45, 2.75) is 24.2 Å². The zero-order valence-electron chi connectivity index (χ0n) is 9.50. The lowest BCUT2D eigenvalue weighted by atomic mass is 9.92. The summed E-state index contributed by atoms with van der Waals surface area (Å²) >= 11 is 0. The molecule has 4 nitrogen and oxygen atoms in total. The van der Waals surface area contributed by atoms with Crippen LogP contribution in [0, 0.1) is 5.92 Å². The van der Waals surface area contributed by atoms with Crippen molar-refractivity contribution in [3.63, 3.8) is 0 Å². The minimum Gasteiger partial charge on any atom is -0.381 e. The fraction of sp³-hybridized carbons (Fsp3) is 0.500. The molecule has 0 bridgehead atoms. The number of hydrogen-bond acceptors (Lipinski definition) is 3. The summed E-state index contributed by atoms with van der Waals surface area (Å²) in [4.78, 5) is -0.0479. The van der Waals surface area contributed by atoms with E-state index in [4.69, 9.17) is 9.29 Å². The van der Waals surface area contributed by atoms with E-state index >= 15 is 0 Å². The molecule has 0 aliphatic carbocycles. The van der Waals surface area contributed by atoms with E-state index in [1.54, 1.807) is 12.1 Å². The second kappa shape index (κ2) is 5.16. The first-order valence-electron chi connectivity index (χ1n) is 5.70. The summed E-state index contributed by atoms with van der Waals surface area (Å²) in [6.45, 7) is 1.63. The normalized spacial score (nSPS) is 18.2. The van der Waals surface area contributed by atoms with E-state index in [2.05, 4.69) is 0 Å². The highest BCUT2D eigenvalue weighted by molar-refractivity contribution is 7.85. The monoisotopic (exact) mass is 256 g/mol. The van der Waals surface area contributed by atoms with Crippen LogP contribution < -0.4 is 0 Å². The Labute approximate surface area is 101 Å². The van der Waals surface area contributed by atoms with Crippen LogP contribution in [0.25, 0.3) is 0 Å². The van der Waals surface area contributed by atoms with Gasteiger partial charge in [0.2, 0.25) is 0 Å². The van der Waals surface area contributed by atoms with Crippen LogP contribution in [-0.2, 0) is 21.3 Å². The molecule has 0 radical (unpaired) electrons. The van der Waals surface area contributed by atoms with Gasteiger partial charge < -0.3 is 4.74 Å². The highest BCUT2D eigenvalue weighted by Crippen LogP contribution is 2.20. The molecule has 1 fully saturated rings. The molecular weight excluding hydrogens is 240 g/mol. The van der Waals surface area contributed by atoms with Gasteiger partial charge in [0.25, 0.3) is 10.1 Å². The summed E-state index contributed by atoms with van der Waals surface area (Å²) in [5, 5.41) is 0. The molecule has 17 heavy (non-hydrogen) atoms. The Kier molecular flexibility index (Phi) is 3.81. The number of ether oxygens (including phenoxy) is 1. The maximum atomic E-state index is 10.9. The molecule has 0 saturated carbocycles. The van der Waals surface area contributed by atoms with Gasteiger partial charge in [0.15, 0.2) is 0 Å². The summed E-state index contributed by atoms with van der Waals surface area (Å²) in [5.41, 5.74) is 1.10. The summed E-state index contributed by atoms with van der Waals surface area (Å²) in [5.74, 6) is 0.611. The predicted molar refractivity (Wildman–Crippen MR) is 63.5 cm³/mol. The molecule has 1 aliphatic rings. The molecule has 5 heteroatoms. The largest absolute Gasteiger partial charge is 0.381 e. The Bertz CT molecular complexity index is 458. The van der Waals surface area contributed by atoms with E-state index in [1.165, 1.54) is 12.1 Å². The third-order valence-electron chi connectivity index (χ3n) is 3.09. The van der Waals surface area contributed by atoms with Gasteiger partial charge in [0, 0.05) is 13.2 Å². The average Bonchev–Trinajstić information content (AvgIpc) is 2.30. The molecule has 0 spiro atoms. The van der Waals surface area contributed by atoms with E-state index in [0.29, 0.717) is 5.92 Å². The van der Waals surface area contributed by atoms with Gasteiger partial charge >= 0.3 is 0 Å². The summed E-state index contributed by atoms with van der Waals surface area (Å²) in [7, 11) is -4.07. The molecule has 1 aromatic carbocycles. The van der Waals surface area contributed by atoms with E-state index in [0.717, 1.165) is 38.0 Å². The van der Waals surface area contributed by atoms with Gasteiger partial charge in [-0.2, -0.15) is 8.42 Å². The van der Waals surface area contributed by atoms with Crippen molar-refractivity contribution in [2.24, 2.45) is 5.92 Å². The Morgan fingerprint density at radius 2 is 1.76 bits per heavy atom. The van der Waals surface area contributed by atoms with Gasteiger partial charge in [0.05, 0.1) is 4.90 Å². The van der Waals surface area contributed by atoms with Crippen LogP contribution >= 0.6 is 0 Å². The van der Waals surface area contributed by atoms with Crippen molar-refractivity contribution in [2.75, 3.05) is 13.2 Å². The fourth-order valence-electron chi connectivity index (χ4n) is 2.08. The van der Waals surface area contributed by atoms with Gasteiger partial charge in [-0.05, 0) is 42.9 Å². The molecule has 0 unspecified atom stereocenters. The molecule has 1 aliphatic heterocycles. The standard InChI is InChI=1S/C12H16O4S/c13-17(14,15)12-3-1-10(2-4-12)9-11-5-7-16-8-6-11/h1-4,11H,5-9H2,(H,13,14,15). The SMILES string of the molecule is O=S(=O)(O)c1ccc(CC2CCOCC2)cc1. The van der Waals surface area contributed by atoms with Crippen molar-refractivity contribution in [1.29, 1.82) is 0 Å². The predicted octanol–water partition coefficient (Wildman–Crippen LogP) is 1.90. The van der Waals surface area contributed by atoms with E-state index < -0.39 is 10.1 Å². The molecule has 0 atom stereocenters. The van der Waals surface area contributed by atoms with Crippen molar-refractivity contribution in [3.8, 4) is 0 Å². The van der Waals surface area contributed by atoms with Crippen molar-refractivity contribution >= 4 is 10.1 Å². The quantitative estimate of drug-likeness (QED) is 0.839. The number of benzene rings is 1. The van der Waals surface area contributed by atoms with Gasteiger partial charge in [0.1, 0.15) is 0 Å². The first-order chi connectivity index (χ1) is 8.05. The van der Waals surface area contributed by atoms with Crippen LogP contribution in [0.2, 0.25) is 0 Å². The molecule has 1 N–H and O–H groups in total. The lowest BCUT2D eigenvalue weighted by Gasteiger charge is -2.21. The molecule has 2 rings (SSSR count). The molecule has 0 aromatic heterocycles. The Morgan fingerprint density at radius 1 is 1.18 bits per heavy atom. The summed E-state index contributed by atoms with van der Waals surface area (Å²) in [6.07, 6.45) is 3.05. The minimum atomic E-state index is -4.07. The lowest BCUT2D eigenvalue weighted by molar-refractivity contribution is 0.0665. The zero-order chi connectivity index (χ0) is 12.3.